The Morgan fingerprint density at radius 3 is 2.38 bits per heavy atom. The molecule has 1 N–H and O–H groups in total. The van der Waals surface area contributed by atoms with Gasteiger partial charge in [0.2, 0.25) is 10.0 Å². The topological polar surface area (TPSA) is 75.7 Å². The maximum absolute atomic E-state index is 13.8. The van der Waals surface area contributed by atoms with E-state index in [0.29, 0.717) is 18.7 Å². The monoisotopic (exact) mass is 420 g/mol. The number of amides is 1. The van der Waals surface area contributed by atoms with Crippen LogP contribution in [0.3, 0.4) is 0 Å². The minimum Gasteiger partial charge on any atom is -0.496 e. The molecule has 0 aliphatic carbocycles. The molecular weight excluding hydrogens is 395 g/mol. The molecule has 29 heavy (non-hydrogen) atoms. The summed E-state index contributed by atoms with van der Waals surface area (Å²) in [5, 5.41) is 2.60. The number of carbonyl (C=O) groups excluding carboxylic acids is 1. The fourth-order valence-electron chi connectivity index (χ4n) is 3.33. The average Bonchev–Trinajstić information content (AvgIpc) is 3.00. The van der Waals surface area contributed by atoms with Crippen molar-refractivity contribution in [2.75, 3.05) is 25.5 Å². The van der Waals surface area contributed by atoms with Crippen LogP contribution >= 0.6 is 0 Å². The van der Waals surface area contributed by atoms with Gasteiger partial charge in [0.15, 0.2) is 0 Å². The molecule has 1 heterocycles. The molecule has 1 aliphatic heterocycles. The van der Waals surface area contributed by atoms with E-state index >= 15 is 0 Å². The van der Waals surface area contributed by atoms with Crippen molar-refractivity contribution in [3.05, 3.63) is 53.3 Å². The molecule has 2 aromatic carbocycles. The molecule has 2 aromatic rings. The summed E-state index contributed by atoms with van der Waals surface area (Å²) in [5.41, 5.74) is 0.816. The van der Waals surface area contributed by atoms with Gasteiger partial charge >= 0.3 is 0 Å². The van der Waals surface area contributed by atoms with E-state index in [1.54, 1.807) is 19.1 Å². The Kier molecular flexibility index (Phi) is 6.54. The Morgan fingerprint density at radius 1 is 1.07 bits per heavy atom. The van der Waals surface area contributed by atoms with Gasteiger partial charge in [-0.25, -0.2) is 12.8 Å². The Labute approximate surface area is 170 Å². The Bertz CT molecular complexity index is 1000. The number of nitrogens with zero attached hydrogens (tertiary/aromatic N) is 1. The van der Waals surface area contributed by atoms with Crippen molar-refractivity contribution >= 4 is 21.6 Å². The van der Waals surface area contributed by atoms with E-state index in [9.17, 15) is 17.6 Å². The Balaban J connectivity index is 1.91. The molecule has 0 aromatic heterocycles. The number of rotatable bonds is 5. The Hall–Kier alpha value is -2.45. The first-order chi connectivity index (χ1) is 13.8. The van der Waals surface area contributed by atoms with E-state index < -0.39 is 21.7 Å². The zero-order valence-electron chi connectivity index (χ0n) is 16.6. The van der Waals surface area contributed by atoms with E-state index in [4.69, 9.17) is 4.74 Å². The molecule has 0 radical (unpaired) electrons. The number of nitrogens with one attached hydrogen (secondary N) is 1. The lowest BCUT2D eigenvalue weighted by atomic mass is 10.1. The van der Waals surface area contributed by atoms with Crippen LogP contribution in [-0.2, 0) is 10.0 Å². The van der Waals surface area contributed by atoms with E-state index in [2.05, 4.69) is 5.32 Å². The SMILES string of the molecule is COc1ccc(S(=O)(=O)N2CCCCCC2)cc1C(=O)Nc1ccc(C)c(F)c1. The van der Waals surface area contributed by atoms with Crippen molar-refractivity contribution in [1.29, 1.82) is 0 Å². The van der Waals surface area contributed by atoms with Gasteiger partial charge in [-0.1, -0.05) is 18.9 Å². The van der Waals surface area contributed by atoms with Gasteiger partial charge in [0, 0.05) is 18.8 Å². The number of ether oxygens (including phenoxy) is 1. The zero-order chi connectivity index (χ0) is 21.0. The molecule has 1 fully saturated rings. The second kappa shape index (κ2) is 8.92. The molecule has 0 unspecified atom stereocenters. The van der Waals surface area contributed by atoms with Gasteiger partial charge in [-0.15, -0.1) is 0 Å². The number of methoxy groups -OCH3 is 1. The maximum atomic E-state index is 13.8. The van der Waals surface area contributed by atoms with Crippen molar-refractivity contribution in [1.82, 2.24) is 4.31 Å². The van der Waals surface area contributed by atoms with Crippen LogP contribution in [0.2, 0.25) is 0 Å². The number of sulfonamides is 1. The normalized spacial score (nSPS) is 15.6. The predicted molar refractivity (Wildman–Crippen MR) is 109 cm³/mol. The maximum Gasteiger partial charge on any atom is 0.259 e. The molecule has 156 valence electrons. The highest BCUT2D eigenvalue weighted by Crippen LogP contribution is 2.27. The van der Waals surface area contributed by atoms with Gasteiger partial charge in [-0.2, -0.15) is 4.31 Å². The lowest BCUT2D eigenvalue weighted by molar-refractivity contribution is 0.102. The number of hydrogen-bond donors (Lipinski definition) is 1. The number of anilines is 1. The van der Waals surface area contributed by atoms with Gasteiger partial charge in [0.05, 0.1) is 17.6 Å². The smallest absolute Gasteiger partial charge is 0.259 e. The summed E-state index contributed by atoms with van der Waals surface area (Å²) in [6.07, 6.45) is 3.66. The molecule has 0 spiro atoms. The van der Waals surface area contributed by atoms with Gasteiger partial charge < -0.3 is 10.1 Å². The quantitative estimate of drug-likeness (QED) is 0.794. The third-order valence-corrected chi connectivity index (χ3v) is 6.94. The number of benzene rings is 2. The van der Waals surface area contributed by atoms with E-state index in [-0.39, 0.29) is 21.9 Å². The first-order valence-corrected chi connectivity index (χ1v) is 11.0. The Morgan fingerprint density at radius 2 is 1.76 bits per heavy atom. The summed E-state index contributed by atoms with van der Waals surface area (Å²) in [6, 6.07) is 8.59. The number of halogens is 1. The summed E-state index contributed by atoms with van der Waals surface area (Å²) < 4.78 is 46.6. The average molecular weight is 421 g/mol. The third kappa shape index (κ3) is 4.76. The molecule has 1 aliphatic rings. The minimum absolute atomic E-state index is 0.0421. The first-order valence-electron chi connectivity index (χ1n) is 9.58. The van der Waals surface area contributed by atoms with E-state index in [1.807, 2.05) is 0 Å². The van der Waals surface area contributed by atoms with Gasteiger partial charge in [-0.05, 0) is 55.7 Å². The molecule has 0 saturated carbocycles. The van der Waals surface area contributed by atoms with Crippen LogP contribution in [0.5, 0.6) is 5.75 Å². The largest absolute Gasteiger partial charge is 0.496 e. The zero-order valence-corrected chi connectivity index (χ0v) is 17.4. The van der Waals surface area contributed by atoms with Crippen LogP contribution < -0.4 is 10.1 Å². The third-order valence-electron chi connectivity index (χ3n) is 5.05. The van der Waals surface area contributed by atoms with Crippen molar-refractivity contribution < 1.29 is 22.3 Å². The van der Waals surface area contributed by atoms with Crippen LogP contribution in [0.1, 0.15) is 41.6 Å². The minimum atomic E-state index is -3.71. The molecular formula is C21H25FN2O4S. The fourth-order valence-corrected chi connectivity index (χ4v) is 4.87. The van der Waals surface area contributed by atoms with Crippen molar-refractivity contribution in [3.8, 4) is 5.75 Å². The van der Waals surface area contributed by atoms with Crippen LogP contribution in [0.25, 0.3) is 0 Å². The van der Waals surface area contributed by atoms with Crippen LogP contribution in [0.15, 0.2) is 41.3 Å². The molecule has 1 saturated heterocycles. The predicted octanol–water partition coefficient (Wildman–Crippen LogP) is 3.96. The highest BCUT2D eigenvalue weighted by Gasteiger charge is 2.27. The van der Waals surface area contributed by atoms with Crippen molar-refractivity contribution in [2.45, 2.75) is 37.5 Å². The highest BCUT2D eigenvalue weighted by atomic mass is 32.2. The number of carbonyl (C=O) groups is 1. The summed E-state index contributed by atoms with van der Waals surface area (Å²) in [5.74, 6) is -0.768. The van der Waals surface area contributed by atoms with Crippen LogP contribution in [0.4, 0.5) is 10.1 Å². The second-order valence-electron chi connectivity index (χ2n) is 7.10. The molecule has 8 heteroatoms. The summed E-state index contributed by atoms with van der Waals surface area (Å²) in [6.45, 7) is 2.57. The highest BCUT2D eigenvalue weighted by molar-refractivity contribution is 7.89. The molecule has 1 amide bonds. The van der Waals surface area contributed by atoms with Gasteiger partial charge in [0.1, 0.15) is 11.6 Å². The fraction of sp³-hybridized carbons (Fsp3) is 0.381. The lowest BCUT2D eigenvalue weighted by Crippen LogP contribution is -2.32. The summed E-state index contributed by atoms with van der Waals surface area (Å²) >= 11 is 0. The van der Waals surface area contributed by atoms with Gasteiger partial charge in [-0.3, -0.25) is 4.79 Å². The van der Waals surface area contributed by atoms with Crippen molar-refractivity contribution in [2.24, 2.45) is 0 Å². The molecule has 0 bridgehead atoms. The van der Waals surface area contributed by atoms with Crippen LogP contribution in [-0.4, -0.2) is 38.8 Å². The summed E-state index contributed by atoms with van der Waals surface area (Å²) in [4.78, 5) is 12.8. The standard InChI is InChI=1S/C21H25FN2O4S/c1-15-7-8-16(13-19(15)22)23-21(25)18-14-17(9-10-20(18)28-2)29(26,27)24-11-5-3-4-6-12-24/h7-10,13-14H,3-6,11-12H2,1-2H3,(H,23,25). The number of hydrogen-bond acceptors (Lipinski definition) is 4. The van der Waals surface area contributed by atoms with E-state index in [1.165, 1.54) is 35.7 Å². The lowest BCUT2D eigenvalue weighted by Gasteiger charge is -2.20. The second-order valence-corrected chi connectivity index (χ2v) is 9.04. The van der Waals surface area contributed by atoms with Gasteiger partial charge in [0.25, 0.3) is 5.91 Å². The van der Waals surface area contributed by atoms with Crippen molar-refractivity contribution in [3.63, 3.8) is 0 Å². The summed E-state index contributed by atoms with van der Waals surface area (Å²) in [7, 11) is -2.31. The molecule has 6 nitrogen and oxygen atoms in total. The molecule has 0 atom stereocenters. The number of aryl methyl sites for hydroxylation is 1. The van der Waals surface area contributed by atoms with E-state index in [0.717, 1.165) is 25.7 Å². The van der Waals surface area contributed by atoms with Crippen LogP contribution in [0, 0.1) is 12.7 Å². The molecule has 3 rings (SSSR count). The first kappa shape index (κ1) is 21.3.